The van der Waals surface area contributed by atoms with Crippen molar-refractivity contribution in [3.8, 4) is 0 Å². The van der Waals surface area contributed by atoms with Gasteiger partial charge < -0.3 is 5.73 Å². The Balaban J connectivity index is 2.54. The Morgan fingerprint density at radius 1 is 1.38 bits per heavy atom. The second-order valence-corrected chi connectivity index (χ2v) is 3.73. The number of carbonyl (C=O) groups excluding carboxylic acids is 3. The molecule has 0 saturated heterocycles. The van der Waals surface area contributed by atoms with Gasteiger partial charge in [-0.1, -0.05) is 17.7 Å². The van der Waals surface area contributed by atoms with Gasteiger partial charge in [0.25, 0.3) is 11.7 Å². The van der Waals surface area contributed by atoms with Gasteiger partial charge in [0.2, 0.25) is 5.91 Å². The van der Waals surface area contributed by atoms with Crippen molar-refractivity contribution in [3.63, 3.8) is 0 Å². The molecule has 2 rings (SSSR count). The van der Waals surface area contributed by atoms with E-state index in [2.05, 4.69) is 0 Å². The minimum atomic E-state index is -0.776. The number of nitrogens with two attached hydrogens (primary N) is 1. The minimum Gasteiger partial charge on any atom is -0.368 e. The number of amides is 2. The van der Waals surface area contributed by atoms with Crippen LogP contribution in [-0.2, 0) is 9.59 Å². The molecule has 82 valence electrons. The third-order valence-electron chi connectivity index (χ3n) is 2.26. The molecule has 0 radical (unpaired) electrons. The van der Waals surface area contributed by atoms with Crippen LogP contribution in [0.1, 0.15) is 10.4 Å². The van der Waals surface area contributed by atoms with Crippen molar-refractivity contribution < 1.29 is 14.4 Å². The first-order valence-electron chi connectivity index (χ1n) is 4.45. The number of hydrogen-bond donors (Lipinski definition) is 1. The summed E-state index contributed by atoms with van der Waals surface area (Å²) in [5.41, 5.74) is 5.47. The number of Topliss-reactive ketones (excluding diaryl/α,β-unsaturated/α-hetero) is 1. The zero-order valence-corrected chi connectivity index (χ0v) is 8.82. The van der Waals surface area contributed by atoms with Gasteiger partial charge in [-0.3, -0.25) is 19.3 Å². The average molecular weight is 239 g/mol. The highest BCUT2D eigenvalue weighted by Crippen LogP contribution is 2.33. The molecule has 0 fully saturated rings. The van der Waals surface area contributed by atoms with Crippen molar-refractivity contribution in [2.45, 2.75) is 0 Å². The van der Waals surface area contributed by atoms with Gasteiger partial charge in [-0.05, 0) is 12.1 Å². The zero-order valence-electron chi connectivity index (χ0n) is 8.07. The van der Waals surface area contributed by atoms with E-state index < -0.39 is 17.6 Å². The molecule has 0 spiro atoms. The Hall–Kier alpha value is -1.88. The van der Waals surface area contributed by atoms with Crippen molar-refractivity contribution in [1.82, 2.24) is 0 Å². The number of rotatable bonds is 2. The van der Waals surface area contributed by atoms with E-state index in [1.165, 1.54) is 6.07 Å². The molecular weight excluding hydrogens is 232 g/mol. The van der Waals surface area contributed by atoms with Gasteiger partial charge in [-0.25, -0.2) is 0 Å². The molecule has 0 saturated carbocycles. The number of halogens is 1. The van der Waals surface area contributed by atoms with E-state index in [4.69, 9.17) is 17.3 Å². The summed E-state index contributed by atoms with van der Waals surface area (Å²) in [6.07, 6.45) is 0. The van der Waals surface area contributed by atoms with Crippen LogP contribution in [0.3, 0.4) is 0 Å². The molecule has 0 unspecified atom stereocenters. The molecule has 2 N–H and O–H groups in total. The largest absolute Gasteiger partial charge is 0.368 e. The highest BCUT2D eigenvalue weighted by molar-refractivity contribution is 6.55. The monoisotopic (exact) mass is 238 g/mol. The second-order valence-electron chi connectivity index (χ2n) is 3.32. The molecule has 1 aromatic rings. The third kappa shape index (κ3) is 1.45. The highest BCUT2D eigenvalue weighted by Gasteiger charge is 2.37. The topological polar surface area (TPSA) is 80.5 Å². The van der Waals surface area contributed by atoms with Gasteiger partial charge in [-0.15, -0.1) is 0 Å². The van der Waals surface area contributed by atoms with E-state index in [9.17, 15) is 14.4 Å². The Labute approximate surface area is 95.8 Å². The van der Waals surface area contributed by atoms with Crippen LogP contribution in [0.25, 0.3) is 0 Å². The lowest BCUT2D eigenvalue weighted by molar-refractivity contribution is -0.119. The van der Waals surface area contributed by atoms with Gasteiger partial charge >= 0.3 is 0 Å². The molecule has 0 aromatic heterocycles. The molecule has 0 atom stereocenters. The first-order chi connectivity index (χ1) is 7.52. The number of nitrogens with zero attached hydrogens (tertiary/aromatic N) is 1. The van der Waals surface area contributed by atoms with Crippen molar-refractivity contribution in [2.24, 2.45) is 5.73 Å². The number of benzene rings is 1. The summed E-state index contributed by atoms with van der Waals surface area (Å²) in [5.74, 6) is -2.17. The smallest absolute Gasteiger partial charge is 0.300 e. The Kier molecular flexibility index (Phi) is 2.40. The van der Waals surface area contributed by atoms with E-state index >= 15 is 0 Å². The maximum atomic E-state index is 11.6. The van der Waals surface area contributed by atoms with Crippen molar-refractivity contribution >= 4 is 34.9 Å². The molecule has 5 nitrogen and oxygen atoms in total. The maximum Gasteiger partial charge on any atom is 0.300 e. The third-order valence-corrected chi connectivity index (χ3v) is 2.58. The number of hydrogen-bond acceptors (Lipinski definition) is 3. The first kappa shape index (κ1) is 10.6. The fraction of sp³-hybridized carbons (Fsp3) is 0.100. The molecule has 0 bridgehead atoms. The van der Waals surface area contributed by atoms with Crippen molar-refractivity contribution in [3.05, 3.63) is 28.8 Å². The fourth-order valence-corrected chi connectivity index (χ4v) is 1.87. The summed E-state index contributed by atoms with van der Waals surface area (Å²) >= 11 is 5.82. The molecule has 6 heteroatoms. The zero-order chi connectivity index (χ0) is 11.9. The Morgan fingerprint density at radius 3 is 2.69 bits per heavy atom. The summed E-state index contributed by atoms with van der Waals surface area (Å²) in [5, 5.41) is 0.197. The minimum absolute atomic E-state index is 0.135. The standard InChI is InChI=1S/C10H7ClN2O3/c11-5-2-1-3-6-8(5)9(15)10(16)13(6)4-7(12)14/h1-3H,4H2,(H2,12,14). The number of ketones is 1. The summed E-state index contributed by atoms with van der Waals surface area (Å²) in [6.45, 7) is -0.322. The van der Waals surface area contributed by atoms with E-state index in [1.54, 1.807) is 12.1 Å². The summed E-state index contributed by atoms with van der Waals surface area (Å²) < 4.78 is 0. The lowest BCUT2D eigenvalue weighted by atomic mass is 10.1. The highest BCUT2D eigenvalue weighted by atomic mass is 35.5. The van der Waals surface area contributed by atoms with Gasteiger partial charge in [0.05, 0.1) is 16.3 Å². The number of carbonyl (C=O) groups is 3. The van der Waals surface area contributed by atoms with Crippen LogP contribution in [0.4, 0.5) is 5.69 Å². The second kappa shape index (κ2) is 3.61. The van der Waals surface area contributed by atoms with Gasteiger partial charge in [0.15, 0.2) is 0 Å². The van der Waals surface area contributed by atoms with Gasteiger partial charge in [-0.2, -0.15) is 0 Å². The van der Waals surface area contributed by atoms with E-state index in [0.717, 1.165) is 4.90 Å². The van der Waals surface area contributed by atoms with Crippen molar-refractivity contribution in [2.75, 3.05) is 11.4 Å². The lowest BCUT2D eigenvalue weighted by Crippen LogP contribution is -2.37. The number of fused-ring (bicyclic) bond motifs is 1. The normalized spacial score (nSPS) is 14.2. The van der Waals surface area contributed by atoms with Crippen molar-refractivity contribution in [1.29, 1.82) is 0 Å². The SMILES string of the molecule is NC(=O)CN1C(=O)C(=O)c2c(Cl)cccc21. The Bertz CT molecular complexity index is 513. The van der Waals surface area contributed by atoms with Gasteiger partial charge in [0.1, 0.15) is 6.54 Å². The Morgan fingerprint density at radius 2 is 2.06 bits per heavy atom. The van der Waals surface area contributed by atoms with Crippen LogP contribution in [0, 0.1) is 0 Å². The molecule has 2 amide bonds. The maximum absolute atomic E-state index is 11.6. The van der Waals surface area contributed by atoms with Crippen LogP contribution < -0.4 is 10.6 Å². The number of anilines is 1. The molecule has 1 aliphatic rings. The summed E-state index contributed by atoms with van der Waals surface area (Å²) in [7, 11) is 0. The predicted octanol–water partition coefficient (Wildman–Crippen LogP) is 0.355. The van der Waals surface area contributed by atoms with Crippen LogP contribution in [0.2, 0.25) is 5.02 Å². The summed E-state index contributed by atoms with van der Waals surface area (Å²) in [6, 6.07) is 4.66. The van der Waals surface area contributed by atoms with E-state index in [-0.39, 0.29) is 17.1 Å². The molecule has 0 aliphatic carbocycles. The van der Waals surface area contributed by atoms with Crippen LogP contribution >= 0.6 is 11.6 Å². The molecular formula is C10H7ClN2O3. The molecule has 1 heterocycles. The summed E-state index contributed by atoms with van der Waals surface area (Å²) in [4.78, 5) is 35.0. The lowest BCUT2D eigenvalue weighted by Gasteiger charge is -2.13. The first-order valence-corrected chi connectivity index (χ1v) is 4.83. The predicted molar refractivity (Wildman–Crippen MR) is 57.3 cm³/mol. The quantitative estimate of drug-likeness (QED) is 0.755. The molecule has 1 aromatic carbocycles. The average Bonchev–Trinajstić information content (AvgIpc) is 2.44. The number of primary amides is 1. The van der Waals surface area contributed by atoms with Crippen LogP contribution in [0.5, 0.6) is 0 Å². The molecule has 1 aliphatic heterocycles. The van der Waals surface area contributed by atoms with E-state index in [0.29, 0.717) is 5.69 Å². The van der Waals surface area contributed by atoms with Crippen LogP contribution in [-0.4, -0.2) is 24.1 Å². The van der Waals surface area contributed by atoms with Crippen LogP contribution in [0.15, 0.2) is 18.2 Å². The fourth-order valence-electron chi connectivity index (χ4n) is 1.61. The van der Waals surface area contributed by atoms with Gasteiger partial charge in [0, 0.05) is 0 Å². The molecule has 16 heavy (non-hydrogen) atoms. The van der Waals surface area contributed by atoms with E-state index in [1.807, 2.05) is 0 Å².